The van der Waals surface area contributed by atoms with E-state index in [1.54, 1.807) is 6.07 Å². The number of hydrogen-bond donors (Lipinski definition) is 0. The summed E-state index contributed by atoms with van der Waals surface area (Å²) < 4.78 is 1.02. The second-order valence-electron chi connectivity index (χ2n) is 5.64. The largest absolute Gasteiger partial charge is 0.336 e. The van der Waals surface area contributed by atoms with E-state index in [1.807, 2.05) is 23.1 Å². The fourth-order valence-electron chi connectivity index (χ4n) is 2.69. The van der Waals surface area contributed by atoms with Crippen molar-refractivity contribution in [2.45, 2.75) is 0 Å². The van der Waals surface area contributed by atoms with Crippen molar-refractivity contribution in [2.75, 3.05) is 32.7 Å². The highest BCUT2D eigenvalue weighted by molar-refractivity contribution is 7.20. The molecule has 3 nitrogen and oxygen atoms in total. The van der Waals surface area contributed by atoms with Crippen molar-refractivity contribution in [2.24, 2.45) is 0 Å². The summed E-state index contributed by atoms with van der Waals surface area (Å²) in [5, 5.41) is 0. The molecule has 0 spiro atoms. The van der Waals surface area contributed by atoms with Gasteiger partial charge in [-0.15, -0.1) is 11.3 Å². The van der Waals surface area contributed by atoms with Gasteiger partial charge in [-0.3, -0.25) is 9.69 Å². The van der Waals surface area contributed by atoms with Crippen molar-refractivity contribution >= 4 is 46.5 Å². The van der Waals surface area contributed by atoms with Gasteiger partial charge in [0.2, 0.25) is 0 Å². The van der Waals surface area contributed by atoms with Gasteiger partial charge in [0, 0.05) is 32.7 Å². The van der Waals surface area contributed by atoms with Crippen LogP contribution in [0.3, 0.4) is 0 Å². The molecular formula is C18H18Cl2N2OS. The average molecular weight is 381 g/mol. The molecule has 1 aliphatic heterocycles. The molecule has 0 bridgehead atoms. The van der Waals surface area contributed by atoms with Gasteiger partial charge in [-0.2, -0.15) is 0 Å². The van der Waals surface area contributed by atoms with E-state index in [2.05, 4.69) is 29.2 Å². The van der Waals surface area contributed by atoms with Gasteiger partial charge in [0.25, 0.3) is 5.91 Å². The standard InChI is InChI=1S/C18H18Cl2N2OS/c19-16-13-15(17(20)24-16)18(23)22-11-9-21(10-12-22)8-4-7-14-5-2-1-3-6-14/h1-7,13H,8-12H2. The minimum absolute atomic E-state index is 0.0253. The molecule has 1 amide bonds. The van der Waals surface area contributed by atoms with Crippen LogP contribution >= 0.6 is 34.5 Å². The summed E-state index contributed by atoms with van der Waals surface area (Å²) in [4.78, 5) is 16.7. The van der Waals surface area contributed by atoms with Gasteiger partial charge in [0.05, 0.1) is 9.90 Å². The quantitative estimate of drug-likeness (QED) is 0.777. The van der Waals surface area contributed by atoms with Crippen LogP contribution in [-0.2, 0) is 0 Å². The van der Waals surface area contributed by atoms with Crippen molar-refractivity contribution < 1.29 is 4.79 Å². The number of halogens is 2. The third-order valence-electron chi connectivity index (χ3n) is 4.02. The predicted molar refractivity (Wildman–Crippen MR) is 102 cm³/mol. The molecule has 0 radical (unpaired) electrons. The maximum atomic E-state index is 12.5. The van der Waals surface area contributed by atoms with E-state index in [-0.39, 0.29) is 5.91 Å². The Morgan fingerprint density at radius 1 is 1.12 bits per heavy atom. The number of thiophene rings is 1. The lowest BCUT2D eigenvalue weighted by molar-refractivity contribution is 0.0651. The molecule has 1 fully saturated rings. The Hall–Kier alpha value is -1.33. The molecule has 0 unspecified atom stereocenters. The van der Waals surface area contributed by atoms with Crippen LogP contribution in [0.1, 0.15) is 15.9 Å². The monoisotopic (exact) mass is 380 g/mol. The number of piperazine rings is 1. The Balaban J connectivity index is 1.50. The van der Waals surface area contributed by atoms with Gasteiger partial charge < -0.3 is 4.90 Å². The van der Waals surface area contributed by atoms with Crippen LogP contribution < -0.4 is 0 Å². The SMILES string of the molecule is O=C(c1cc(Cl)sc1Cl)N1CCN(CC=Cc2ccccc2)CC1. The molecule has 24 heavy (non-hydrogen) atoms. The zero-order chi connectivity index (χ0) is 16.9. The van der Waals surface area contributed by atoms with Crippen LogP contribution in [-0.4, -0.2) is 48.4 Å². The van der Waals surface area contributed by atoms with Gasteiger partial charge >= 0.3 is 0 Å². The lowest BCUT2D eigenvalue weighted by atomic mass is 10.2. The first-order chi connectivity index (χ1) is 11.6. The molecule has 2 aromatic rings. The van der Waals surface area contributed by atoms with Crippen LogP contribution in [0.15, 0.2) is 42.5 Å². The van der Waals surface area contributed by atoms with Gasteiger partial charge in [0.1, 0.15) is 4.34 Å². The van der Waals surface area contributed by atoms with E-state index in [9.17, 15) is 4.79 Å². The summed E-state index contributed by atoms with van der Waals surface area (Å²) in [6, 6.07) is 11.9. The third-order valence-corrected chi connectivity index (χ3v) is 5.51. The Kier molecular flexibility index (Phi) is 5.95. The highest BCUT2D eigenvalue weighted by atomic mass is 35.5. The first-order valence-corrected chi connectivity index (χ1v) is 9.39. The normalized spacial score (nSPS) is 16.0. The minimum Gasteiger partial charge on any atom is -0.336 e. The van der Waals surface area contributed by atoms with Crippen molar-refractivity contribution in [1.82, 2.24) is 9.80 Å². The van der Waals surface area contributed by atoms with E-state index in [0.29, 0.717) is 27.3 Å². The molecule has 1 saturated heterocycles. The minimum atomic E-state index is -0.0253. The topological polar surface area (TPSA) is 23.6 Å². The first-order valence-electron chi connectivity index (χ1n) is 7.81. The van der Waals surface area contributed by atoms with Crippen molar-refractivity contribution in [3.05, 3.63) is 62.3 Å². The summed E-state index contributed by atoms with van der Waals surface area (Å²) >= 11 is 13.2. The highest BCUT2D eigenvalue weighted by Crippen LogP contribution is 2.32. The molecular weight excluding hydrogens is 363 g/mol. The summed E-state index contributed by atoms with van der Waals surface area (Å²) in [5.74, 6) is -0.0253. The highest BCUT2D eigenvalue weighted by Gasteiger charge is 2.24. The van der Waals surface area contributed by atoms with Gasteiger partial charge in [-0.1, -0.05) is 65.7 Å². The fourth-order valence-corrected chi connectivity index (χ4v) is 4.14. The summed E-state index contributed by atoms with van der Waals surface area (Å²) in [6.45, 7) is 4.03. The van der Waals surface area contributed by atoms with E-state index in [4.69, 9.17) is 23.2 Å². The summed E-state index contributed by atoms with van der Waals surface area (Å²) in [5.41, 5.74) is 1.72. The zero-order valence-corrected chi connectivity index (χ0v) is 15.4. The van der Waals surface area contributed by atoms with Crippen LogP contribution in [0.2, 0.25) is 8.67 Å². The van der Waals surface area contributed by atoms with Crippen molar-refractivity contribution in [3.8, 4) is 0 Å². The molecule has 1 aromatic carbocycles. The molecule has 1 aliphatic rings. The lowest BCUT2D eigenvalue weighted by Gasteiger charge is -2.34. The predicted octanol–water partition coefficient (Wildman–Crippen LogP) is 4.53. The number of amides is 1. The van der Waals surface area contributed by atoms with Crippen LogP contribution in [0, 0.1) is 0 Å². The molecule has 0 aliphatic carbocycles. The van der Waals surface area contributed by atoms with Gasteiger partial charge in [-0.25, -0.2) is 0 Å². The Morgan fingerprint density at radius 3 is 2.46 bits per heavy atom. The van der Waals surface area contributed by atoms with E-state index in [0.717, 1.165) is 19.6 Å². The maximum Gasteiger partial charge on any atom is 0.256 e. The number of hydrogen-bond acceptors (Lipinski definition) is 3. The van der Waals surface area contributed by atoms with E-state index in [1.165, 1.54) is 16.9 Å². The van der Waals surface area contributed by atoms with Crippen molar-refractivity contribution in [3.63, 3.8) is 0 Å². The number of rotatable bonds is 4. The molecule has 2 heterocycles. The average Bonchev–Trinajstić information content (AvgIpc) is 2.94. The third kappa shape index (κ3) is 4.39. The summed E-state index contributed by atoms with van der Waals surface area (Å²) in [6.07, 6.45) is 4.30. The van der Waals surface area contributed by atoms with E-state index >= 15 is 0 Å². The number of nitrogens with zero attached hydrogens (tertiary/aromatic N) is 2. The second-order valence-corrected chi connectivity index (χ2v) is 7.93. The van der Waals surface area contributed by atoms with Crippen LogP contribution in [0.25, 0.3) is 6.08 Å². The summed E-state index contributed by atoms with van der Waals surface area (Å²) in [7, 11) is 0. The fraction of sp³-hybridized carbons (Fsp3) is 0.278. The molecule has 0 N–H and O–H groups in total. The Bertz CT molecular complexity index is 722. The maximum absolute atomic E-state index is 12.5. The Labute approximate surface area is 156 Å². The second kappa shape index (κ2) is 8.17. The lowest BCUT2D eigenvalue weighted by Crippen LogP contribution is -2.48. The van der Waals surface area contributed by atoms with Crippen LogP contribution in [0.4, 0.5) is 0 Å². The van der Waals surface area contributed by atoms with Crippen LogP contribution in [0.5, 0.6) is 0 Å². The van der Waals surface area contributed by atoms with E-state index < -0.39 is 0 Å². The Morgan fingerprint density at radius 2 is 1.83 bits per heavy atom. The molecule has 0 saturated carbocycles. The number of benzene rings is 1. The van der Waals surface area contributed by atoms with Gasteiger partial charge in [0.15, 0.2) is 0 Å². The number of carbonyl (C=O) groups is 1. The van der Waals surface area contributed by atoms with Gasteiger partial charge in [-0.05, 0) is 11.6 Å². The molecule has 126 valence electrons. The molecule has 3 rings (SSSR count). The molecule has 1 aromatic heterocycles. The number of carbonyl (C=O) groups excluding carboxylic acids is 1. The first kappa shape index (κ1) is 17.5. The van der Waals surface area contributed by atoms with Crippen molar-refractivity contribution in [1.29, 1.82) is 0 Å². The zero-order valence-electron chi connectivity index (χ0n) is 13.1. The molecule has 6 heteroatoms. The smallest absolute Gasteiger partial charge is 0.256 e. The molecule has 0 atom stereocenters.